The minimum atomic E-state index is -0.801. The summed E-state index contributed by atoms with van der Waals surface area (Å²) in [5.41, 5.74) is 0. The molecule has 0 bridgehead atoms. The van der Waals surface area contributed by atoms with Crippen LogP contribution in [-0.2, 0) is 28.6 Å². The molecule has 316 valence electrons. The van der Waals surface area contributed by atoms with Crippen LogP contribution in [0.15, 0.2) is 60.8 Å². The fourth-order valence-electron chi connectivity index (χ4n) is 6.08. The van der Waals surface area contributed by atoms with Gasteiger partial charge in [-0.15, -0.1) is 0 Å². The summed E-state index contributed by atoms with van der Waals surface area (Å²) in [6.45, 7) is 6.40. The average molecular weight is 769 g/mol. The molecule has 0 saturated carbocycles. The number of ether oxygens (including phenoxy) is 3. The molecule has 0 rings (SSSR count). The number of allylic oxidation sites excluding steroid dienone is 10. The van der Waals surface area contributed by atoms with Crippen LogP contribution in [-0.4, -0.2) is 37.2 Å². The van der Waals surface area contributed by atoms with Crippen molar-refractivity contribution in [3.8, 4) is 0 Å². The van der Waals surface area contributed by atoms with E-state index in [-0.39, 0.29) is 37.5 Å². The lowest BCUT2D eigenvalue weighted by molar-refractivity contribution is -0.166. The standard InChI is InChI=1S/C49H84O6/c1-4-7-10-13-16-19-22-24-27-30-33-36-39-42-48(51)54-45-46(44-53-47(50)41-38-35-32-29-26-21-18-15-12-9-6-3)55-49(52)43-40-37-34-31-28-25-23-20-17-14-11-8-5-2/h7,10,15-16,18-19,24,27,33,36,46H,4-6,8-9,11-14,17,20-23,25-26,28-32,34-35,37-45H2,1-3H3/b10-7-,18-15-,19-16-,27-24-,36-33-. The molecule has 0 N–H and O–H groups in total. The molecule has 0 amide bonds. The fourth-order valence-corrected chi connectivity index (χ4v) is 6.08. The molecule has 0 heterocycles. The zero-order chi connectivity index (χ0) is 40.1. The molecule has 0 saturated heterocycles. The Bertz CT molecular complexity index is 1020. The highest BCUT2D eigenvalue weighted by atomic mass is 16.6. The number of carbonyl (C=O) groups excluding carboxylic acids is 3. The Morgan fingerprint density at radius 1 is 0.382 bits per heavy atom. The first-order valence-corrected chi connectivity index (χ1v) is 22.8. The molecule has 0 spiro atoms. The number of unbranched alkanes of at least 4 members (excludes halogenated alkanes) is 19. The van der Waals surface area contributed by atoms with Gasteiger partial charge in [-0.05, 0) is 64.2 Å². The van der Waals surface area contributed by atoms with Gasteiger partial charge in [0.15, 0.2) is 6.10 Å². The molecule has 0 fully saturated rings. The van der Waals surface area contributed by atoms with Crippen LogP contribution >= 0.6 is 0 Å². The highest BCUT2D eigenvalue weighted by Gasteiger charge is 2.19. The molecule has 0 aromatic rings. The lowest BCUT2D eigenvalue weighted by atomic mass is 10.0. The lowest BCUT2D eigenvalue weighted by Crippen LogP contribution is -2.30. The van der Waals surface area contributed by atoms with E-state index in [0.717, 1.165) is 77.0 Å². The second kappa shape index (κ2) is 43.8. The summed E-state index contributed by atoms with van der Waals surface area (Å²) in [5, 5.41) is 0. The van der Waals surface area contributed by atoms with Crippen molar-refractivity contribution in [3.63, 3.8) is 0 Å². The van der Waals surface area contributed by atoms with Crippen molar-refractivity contribution in [2.24, 2.45) is 0 Å². The van der Waals surface area contributed by atoms with Crippen LogP contribution in [0.3, 0.4) is 0 Å². The molecule has 0 aliphatic carbocycles. The van der Waals surface area contributed by atoms with Gasteiger partial charge in [0.25, 0.3) is 0 Å². The van der Waals surface area contributed by atoms with Gasteiger partial charge in [0.2, 0.25) is 0 Å². The van der Waals surface area contributed by atoms with Crippen molar-refractivity contribution in [2.45, 2.75) is 219 Å². The monoisotopic (exact) mass is 769 g/mol. The highest BCUT2D eigenvalue weighted by molar-refractivity contribution is 5.71. The topological polar surface area (TPSA) is 78.9 Å². The van der Waals surface area contributed by atoms with Gasteiger partial charge >= 0.3 is 17.9 Å². The number of hydrogen-bond acceptors (Lipinski definition) is 6. The van der Waals surface area contributed by atoms with Gasteiger partial charge in [0.05, 0.1) is 0 Å². The van der Waals surface area contributed by atoms with Gasteiger partial charge in [0, 0.05) is 19.3 Å². The second-order valence-electron chi connectivity index (χ2n) is 14.9. The quantitative estimate of drug-likeness (QED) is 0.0267. The van der Waals surface area contributed by atoms with Gasteiger partial charge in [-0.1, -0.05) is 191 Å². The summed E-state index contributed by atoms with van der Waals surface area (Å²) in [5.74, 6) is -0.995. The highest BCUT2D eigenvalue weighted by Crippen LogP contribution is 2.14. The molecule has 55 heavy (non-hydrogen) atoms. The number of rotatable bonds is 40. The second-order valence-corrected chi connectivity index (χ2v) is 14.9. The first-order valence-electron chi connectivity index (χ1n) is 22.8. The third-order valence-electron chi connectivity index (χ3n) is 9.52. The molecular weight excluding hydrogens is 685 g/mol. The van der Waals surface area contributed by atoms with E-state index in [0.29, 0.717) is 19.3 Å². The van der Waals surface area contributed by atoms with Gasteiger partial charge in [-0.25, -0.2) is 0 Å². The summed E-state index contributed by atoms with van der Waals surface area (Å²) < 4.78 is 16.6. The van der Waals surface area contributed by atoms with Crippen molar-refractivity contribution in [2.75, 3.05) is 13.2 Å². The van der Waals surface area contributed by atoms with Crippen LogP contribution in [0.4, 0.5) is 0 Å². The Morgan fingerprint density at radius 3 is 1.27 bits per heavy atom. The molecule has 1 unspecified atom stereocenters. The maximum absolute atomic E-state index is 12.7. The van der Waals surface area contributed by atoms with E-state index in [1.54, 1.807) is 0 Å². The third kappa shape index (κ3) is 42.1. The maximum Gasteiger partial charge on any atom is 0.306 e. The molecule has 6 nitrogen and oxygen atoms in total. The first-order chi connectivity index (χ1) is 27.0. The first kappa shape index (κ1) is 52.1. The van der Waals surface area contributed by atoms with Crippen LogP contribution in [0.2, 0.25) is 0 Å². The number of hydrogen-bond donors (Lipinski definition) is 0. The number of carbonyl (C=O) groups is 3. The Labute approximate surface area is 339 Å². The predicted octanol–water partition coefficient (Wildman–Crippen LogP) is 14.5. The summed E-state index contributed by atoms with van der Waals surface area (Å²) in [6, 6.07) is 0. The Balaban J connectivity index is 4.48. The molecule has 1 atom stereocenters. The third-order valence-corrected chi connectivity index (χ3v) is 9.52. The minimum absolute atomic E-state index is 0.0995. The average Bonchev–Trinajstić information content (AvgIpc) is 3.18. The van der Waals surface area contributed by atoms with Gasteiger partial charge in [-0.2, -0.15) is 0 Å². The molecule has 0 radical (unpaired) electrons. The summed E-state index contributed by atoms with van der Waals surface area (Å²) in [6.07, 6.45) is 52.1. The van der Waals surface area contributed by atoms with Crippen molar-refractivity contribution in [1.82, 2.24) is 0 Å². The van der Waals surface area contributed by atoms with E-state index in [9.17, 15) is 14.4 Å². The molecular formula is C49H84O6. The van der Waals surface area contributed by atoms with E-state index in [2.05, 4.69) is 69.4 Å². The van der Waals surface area contributed by atoms with Gasteiger partial charge < -0.3 is 14.2 Å². The smallest absolute Gasteiger partial charge is 0.306 e. The van der Waals surface area contributed by atoms with Crippen LogP contribution in [0, 0.1) is 0 Å². The van der Waals surface area contributed by atoms with Crippen molar-refractivity contribution in [3.05, 3.63) is 60.8 Å². The van der Waals surface area contributed by atoms with Crippen molar-refractivity contribution in [1.29, 1.82) is 0 Å². The van der Waals surface area contributed by atoms with E-state index in [1.165, 1.54) is 89.9 Å². The summed E-state index contributed by atoms with van der Waals surface area (Å²) in [7, 11) is 0. The molecule has 0 aliphatic rings. The van der Waals surface area contributed by atoms with Gasteiger partial charge in [-0.3, -0.25) is 14.4 Å². The predicted molar refractivity (Wildman–Crippen MR) is 233 cm³/mol. The maximum atomic E-state index is 12.7. The molecule has 0 aromatic heterocycles. The Morgan fingerprint density at radius 2 is 0.764 bits per heavy atom. The van der Waals surface area contributed by atoms with E-state index >= 15 is 0 Å². The zero-order valence-electron chi connectivity index (χ0n) is 35.9. The molecule has 0 aliphatic heterocycles. The SMILES string of the molecule is CC/C=C\C/C=C\C/C=C\C/C=C\CCC(=O)OCC(COC(=O)CCCCCCC/C=C\CCCC)OC(=O)CCCCCCCCCCCCCCC. The molecule has 6 heteroatoms. The largest absolute Gasteiger partial charge is 0.462 e. The summed E-state index contributed by atoms with van der Waals surface area (Å²) in [4.78, 5) is 37.7. The Hall–Kier alpha value is -2.89. The van der Waals surface area contributed by atoms with Crippen LogP contribution in [0.1, 0.15) is 213 Å². The fraction of sp³-hybridized carbons (Fsp3) is 0.735. The minimum Gasteiger partial charge on any atom is -0.462 e. The van der Waals surface area contributed by atoms with Crippen molar-refractivity contribution >= 4 is 17.9 Å². The Kier molecular flexibility index (Phi) is 41.5. The number of esters is 3. The van der Waals surface area contributed by atoms with E-state index < -0.39 is 6.10 Å². The van der Waals surface area contributed by atoms with Crippen molar-refractivity contribution < 1.29 is 28.6 Å². The summed E-state index contributed by atoms with van der Waals surface area (Å²) >= 11 is 0. The zero-order valence-corrected chi connectivity index (χ0v) is 35.9. The van der Waals surface area contributed by atoms with Crippen LogP contribution in [0.5, 0.6) is 0 Å². The lowest BCUT2D eigenvalue weighted by Gasteiger charge is -2.18. The normalized spacial score (nSPS) is 12.6. The van der Waals surface area contributed by atoms with Crippen LogP contribution < -0.4 is 0 Å². The van der Waals surface area contributed by atoms with E-state index in [4.69, 9.17) is 14.2 Å². The van der Waals surface area contributed by atoms with Gasteiger partial charge in [0.1, 0.15) is 13.2 Å². The van der Waals surface area contributed by atoms with Crippen LogP contribution in [0.25, 0.3) is 0 Å². The van der Waals surface area contributed by atoms with E-state index in [1.807, 2.05) is 12.2 Å². The molecule has 0 aromatic carbocycles.